The first kappa shape index (κ1) is 21.1. The van der Waals surface area contributed by atoms with Gasteiger partial charge in [-0.3, -0.25) is 4.79 Å². The third-order valence-electron chi connectivity index (χ3n) is 5.49. The van der Waals surface area contributed by atoms with Gasteiger partial charge in [-0.1, -0.05) is 0 Å². The smallest absolute Gasteiger partial charge is 0.279 e. The molecule has 2 aromatic rings. The summed E-state index contributed by atoms with van der Waals surface area (Å²) in [5.74, 6) is 1.17. The topological polar surface area (TPSA) is 56.4 Å². The summed E-state index contributed by atoms with van der Waals surface area (Å²) in [7, 11) is 3.30. The summed E-state index contributed by atoms with van der Waals surface area (Å²) in [5, 5.41) is 2.84. The molecule has 0 saturated carbocycles. The Bertz CT molecular complexity index is 834. The number of amides is 1. The number of ether oxygens (including phenoxy) is 2. The van der Waals surface area contributed by atoms with Gasteiger partial charge in [-0.15, -0.1) is 0 Å². The molecule has 3 rings (SSSR count). The Balaban J connectivity index is 1.49. The number of methoxy groups -OCH3 is 2. The lowest BCUT2D eigenvalue weighted by molar-refractivity contribution is -1.02. The number of piperazine rings is 1. The molecule has 3 N–H and O–H groups in total. The average molecular weight is 403 g/mol. The summed E-state index contributed by atoms with van der Waals surface area (Å²) >= 11 is 0. The minimum atomic E-state index is -0.308. The number of carbonyl (C=O) groups is 1. The first-order valence-electron chi connectivity index (χ1n) is 9.92. The molecule has 2 aromatic carbocycles. The van der Waals surface area contributed by atoms with Gasteiger partial charge in [-0.05, 0) is 48.9 Å². The Labute approximate surface area is 171 Å². The molecule has 0 atom stereocenters. The largest absolute Gasteiger partial charge is 0.493 e. The van der Waals surface area contributed by atoms with Gasteiger partial charge in [0.05, 0.1) is 14.2 Å². The van der Waals surface area contributed by atoms with Gasteiger partial charge in [0.25, 0.3) is 5.91 Å². The van der Waals surface area contributed by atoms with Crippen LogP contribution in [0, 0.1) is 12.7 Å². The molecule has 1 aliphatic rings. The van der Waals surface area contributed by atoms with Crippen LogP contribution in [0.25, 0.3) is 0 Å². The van der Waals surface area contributed by atoms with E-state index in [-0.39, 0.29) is 11.7 Å². The molecular weight excluding hydrogens is 373 g/mol. The fourth-order valence-electron chi connectivity index (χ4n) is 3.76. The van der Waals surface area contributed by atoms with Crippen molar-refractivity contribution >= 4 is 11.6 Å². The number of nitrogens with one attached hydrogen (secondary N) is 3. The van der Waals surface area contributed by atoms with Crippen LogP contribution in [0.15, 0.2) is 36.4 Å². The second-order valence-corrected chi connectivity index (χ2v) is 7.54. The lowest BCUT2D eigenvalue weighted by Crippen LogP contribution is -3.28. The van der Waals surface area contributed by atoms with E-state index in [1.807, 2.05) is 6.07 Å². The molecule has 1 saturated heterocycles. The molecule has 0 radical (unpaired) electrons. The summed E-state index contributed by atoms with van der Waals surface area (Å²) in [6.45, 7) is 7.36. The van der Waals surface area contributed by atoms with Gasteiger partial charge >= 0.3 is 0 Å². The predicted octanol–water partition coefficient (Wildman–Crippen LogP) is 0.0734. The molecule has 1 amide bonds. The zero-order valence-corrected chi connectivity index (χ0v) is 17.3. The molecule has 29 heavy (non-hydrogen) atoms. The number of hydrogen-bond acceptors (Lipinski definition) is 3. The maximum atomic E-state index is 13.0. The maximum Gasteiger partial charge on any atom is 0.279 e. The minimum Gasteiger partial charge on any atom is -0.493 e. The van der Waals surface area contributed by atoms with Gasteiger partial charge in [-0.2, -0.15) is 0 Å². The van der Waals surface area contributed by atoms with E-state index in [0.29, 0.717) is 12.2 Å². The van der Waals surface area contributed by atoms with Crippen LogP contribution < -0.4 is 24.6 Å². The maximum absolute atomic E-state index is 13.0. The normalized spacial score (nSPS) is 18.9. The van der Waals surface area contributed by atoms with Crippen LogP contribution in [0.1, 0.15) is 11.1 Å². The highest BCUT2D eigenvalue weighted by molar-refractivity contribution is 5.91. The standard InChI is InChI=1S/C22H28FN3O3/c1-16-12-20(28-2)21(29-3)13-17(16)14-25-8-10-26(11-9-25)15-22(27)24-19-6-4-18(23)5-7-19/h4-7,12-13H,8-11,14-15H2,1-3H3,(H,24,27)/p+2. The molecule has 0 aromatic heterocycles. The Kier molecular flexibility index (Phi) is 7.06. The Morgan fingerprint density at radius 1 is 1.00 bits per heavy atom. The number of carbonyl (C=O) groups excluding carboxylic acids is 1. The lowest BCUT2D eigenvalue weighted by Gasteiger charge is -2.29. The monoisotopic (exact) mass is 403 g/mol. The van der Waals surface area contributed by atoms with E-state index < -0.39 is 0 Å². The summed E-state index contributed by atoms with van der Waals surface area (Å²) in [5.41, 5.74) is 3.09. The second-order valence-electron chi connectivity index (χ2n) is 7.54. The molecule has 1 heterocycles. The SMILES string of the molecule is COc1cc(C)c(C[NH+]2CC[NH+](CC(=O)Nc3ccc(F)cc3)CC2)cc1OC. The Morgan fingerprint density at radius 2 is 1.59 bits per heavy atom. The Morgan fingerprint density at radius 3 is 2.21 bits per heavy atom. The molecule has 156 valence electrons. The molecular formula is C22H30FN3O3+2. The highest BCUT2D eigenvalue weighted by Gasteiger charge is 2.25. The van der Waals surface area contributed by atoms with Crippen molar-refractivity contribution < 1.29 is 28.5 Å². The molecule has 0 bridgehead atoms. The first-order valence-corrected chi connectivity index (χ1v) is 9.92. The number of halogens is 1. The van der Waals surface area contributed by atoms with E-state index in [9.17, 15) is 9.18 Å². The second kappa shape index (κ2) is 9.71. The van der Waals surface area contributed by atoms with Crippen molar-refractivity contribution in [1.82, 2.24) is 0 Å². The summed E-state index contributed by atoms with van der Waals surface area (Å²) < 4.78 is 23.8. The van der Waals surface area contributed by atoms with Crippen LogP contribution in [0.2, 0.25) is 0 Å². The van der Waals surface area contributed by atoms with Gasteiger partial charge in [-0.25, -0.2) is 4.39 Å². The van der Waals surface area contributed by atoms with Crippen LogP contribution in [0.3, 0.4) is 0 Å². The minimum absolute atomic E-state index is 0.0363. The van der Waals surface area contributed by atoms with Crippen molar-refractivity contribution in [1.29, 1.82) is 0 Å². The van der Waals surface area contributed by atoms with Crippen LogP contribution in [0.5, 0.6) is 11.5 Å². The van der Waals surface area contributed by atoms with E-state index in [1.165, 1.54) is 33.1 Å². The predicted molar refractivity (Wildman–Crippen MR) is 109 cm³/mol. The first-order chi connectivity index (χ1) is 14.0. The van der Waals surface area contributed by atoms with Crippen LogP contribution in [-0.2, 0) is 11.3 Å². The number of hydrogen-bond donors (Lipinski definition) is 3. The quantitative estimate of drug-likeness (QED) is 0.614. The number of benzene rings is 2. The number of aryl methyl sites for hydroxylation is 1. The molecule has 1 fully saturated rings. The van der Waals surface area contributed by atoms with E-state index in [2.05, 4.69) is 18.3 Å². The van der Waals surface area contributed by atoms with Gasteiger partial charge in [0.2, 0.25) is 0 Å². The highest BCUT2D eigenvalue weighted by atomic mass is 19.1. The molecule has 0 spiro atoms. The van der Waals surface area contributed by atoms with E-state index >= 15 is 0 Å². The molecule has 7 heteroatoms. The molecule has 0 unspecified atom stereocenters. The zero-order chi connectivity index (χ0) is 20.8. The van der Waals surface area contributed by atoms with E-state index in [4.69, 9.17) is 9.47 Å². The van der Waals surface area contributed by atoms with Crippen molar-refractivity contribution in [3.8, 4) is 11.5 Å². The summed E-state index contributed by atoms with van der Waals surface area (Å²) in [6, 6.07) is 9.94. The lowest BCUT2D eigenvalue weighted by atomic mass is 10.1. The van der Waals surface area contributed by atoms with Crippen LogP contribution in [0.4, 0.5) is 10.1 Å². The third kappa shape index (κ3) is 5.68. The van der Waals surface area contributed by atoms with Crippen LogP contribution in [-0.4, -0.2) is 52.9 Å². The summed E-state index contributed by atoms with van der Waals surface area (Å²) in [6.07, 6.45) is 0. The summed E-state index contributed by atoms with van der Waals surface area (Å²) in [4.78, 5) is 15.0. The van der Waals surface area contributed by atoms with E-state index in [0.717, 1.165) is 44.2 Å². The third-order valence-corrected chi connectivity index (χ3v) is 5.49. The van der Waals surface area contributed by atoms with E-state index in [1.54, 1.807) is 26.4 Å². The fraction of sp³-hybridized carbons (Fsp3) is 0.409. The highest BCUT2D eigenvalue weighted by Crippen LogP contribution is 2.29. The average Bonchev–Trinajstić information content (AvgIpc) is 2.72. The van der Waals surface area contributed by atoms with Crippen molar-refractivity contribution in [3.63, 3.8) is 0 Å². The van der Waals surface area contributed by atoms with Crippen molar-refractivity contribution in [3.05, 3.63) is 53.3 Å². The van der Waals surface area contributed by atoms with Crippen molar-refractivity contribution in [2.75, 3.05) is 52.3 Å². The van der Waals surface area contributed by atoms with Gasteiger partial charge in [0, 0.05) is 11.3 Å². The van der Waals surface area contributed by atoms with Crippen LogP contribution >= 0.6 is 0 Å². The van der Waals surface area contributed by atoms with Crippen molar-refractivity contribution in [2.45, 2.75) is 13.5 Å². The van der Waals surface area contributed by atoms with Gasteiger partial charge in [0.15, 0.2) is 18.0 Å². The molecule has 1 aliphatic heterocycles. The van der Waals surface area contributed by atoms with Gasteiger partial charge in [0.1, 0.15) is 38.5 Å². The van der Waals surface area contributed by atoms with Crippen molar-refractivity contribution in [2.24, 2.45) is 0 Å². The molecule has 6 nitrogen and oxygen atoms in total. The zero-order valence-electron chi connectivity index (χ0n) is 17.3. The number of rotatable bonds is 7. The number of anilines is 1. The van der Waals surface area contributed by atoms with Gasteiger partial charge < -0.3 is 24.6 Å². The fourth-order valence-corrected chi connectivity index (χ4v) is 3.76. The number of quaternary nitrogens is 2. The Hall–Kier alpha value is -2.64. The molecule has 0 aliphatic carbocycles.